The molecule has 98 heavy (non-hydrogen) atoms. The molecular formula is C61H147Br9O12Si16. The van der Waals surface area contributed by atoms with Crippen molar-refractivity contribution < 1.29 is 49.4 Å². The van der Waals surface area contributed by atoms with E-state index < -0.39 is 135 Å². The van der Waals surface area contributed by atoms with Gasteiger partial charge in [-0.25, -0.2) is 0 Å². The molecule has 0 heterocycles. The predicted octanol–water partition coefficient (Wildman–Crippen LogP) is 26.6. The van der Waals surface area contributed by atoms with Crippen molar-refractivity contribution in [1.82, 2.24) is 0 Å². The number of alkyl halides is 9. The number of hydrogen-bond acceptors (Lipinski definition) is 12. The molecule has 0 saturated carbocycles. The third-order valence-electron chi connectivity index (χ3n) is 18.3. The number of halogens is 9. The van der Waals surface area contributed by atoms with E-state index in [4.69, 9.17) is 49.4 Å². The normalized spacial score (nSPS) is 21.1. The summed E-state index contributed by atoms with van der Waals surface area (Å²) in [6.45, 7) is 59.1. The van der Waals surface area contributed by atoms with Gasteiger partial charge < -0.3 is 49.4 Å². The molecule has 9 unspecified atom stereocenters. The van der Waals surface area contributed by atoms with Crippen LogP contribution in [0.2, 0.25) is 195 Å². The van der Waals surface area contributed by atoms with Crippen LogP contribution in [0.5, 0.6) is 0 Å². The maximum absolute atomic E-state index is 8.00. The minimum Gasteiger partial charge on any atom is -0.417 e. The van der Waals surface area contributed by atoms with Gasteiger partial charge in [-0.15, -0.1) is 0 Å². The molecule has 590 valence electrons. The molecule has 0 saturated heterocycles. The van der Waals surface area contributed by atoms with Crippen molar-refractivity contribution in [3.05, 3.63) is 0 Å². The summed E-state index contributed by atoms with van der Waals surface area (Å²) >= 11 is 36.2. The summed E-state index contributed by atoms with van der Waals surface area (Å²) in [7, 11) is -42.2. The molecule has 0 aromatic rings. The van der Waals surface area contributed by atoms with Gasteiger partial charge in [0.15, 0.2) is 99.8 Å². The van der Waals surface area contributed by atoms with E-state index in [9.17, 15) is 0 Å². The molecule has 0 radical (unpaired) electrons. The first kappa shape index (κ1) is 105. The first-order chi connectivity index (χ1) is 45.2. The van der Waals surface area contributed by atoms with Crippen LogP contribution < -0.4 is 0 Å². The van der Waals surface area contributed by atoms with Crippen LogP contribution in [0.25, 0.3) is 0 Å². The summed E-state index contributed by atoms with van der Waals surface area (Å²) in [5, 5.41) is 0. The number of hydrogen-bond donors (Lipinski definition) is 0. The van der Waals surface area contributed by atoms with Gasteiger partial charge >= 0.3 is 35.2 Å². The van der Waals surface area contributed by atoms with Crippen molar-refractivity contribution in [2.75, 3.05) is 44.6 Å². The van der Waals surface area contributed by atoms with Crippen molar-refractivity contribution in [3.63, 3.8) is 0 Å². The molecule has 0 spiro atoms. The highest BCUT2D eigenvalue weighted by Gasteiger charge is 2.59. The Labute approximate surface area is 698 Å². The molecule has 0 fully saturated rings. The van der Waals surface area contributed by atoms with Crippen LogP contribution in [-0.2, 0) is 49.4 Å². The van der Waals surface area contributed by atoms with Crippen molar-refractivity contribution >= 4 is 278 Å². The maximum atomic E-state index is 8.00. The van der Waals surface area contributed by atoms with Crippen molar-refractivity contribution in [1.29, 1.82) is 0 Å². The first-order valence-electron chi connectivity index (χ1n) is 37.7. The predicted molar refractivity (Wildman–Crippen MR) is 502 cm³/mol. The second-order valence-corrected chi connectivity index (χ2v) is 110. The van der Waals surface area contributed by atoms with Gasteiger partial charge in [-0.1, -0.05) is 263 Å². The van der Waals surface area contributed by atoms with Gasteiger partial charge in [0.2, 0.25) is 0 Å². The lowest BCUT2D eigenvalue weighted by Crippen LogP contribution is -2.65. The van der Waals surface area contributed by atoms with Gasteiger partial charge in [0.1, 0.15) is 0 Å². The van der Waals surface area contributed by atoms with Gasteiger partial charge in [0.05, 0.1) is 0 Å². The highest BCUT2D eigenvalue weighted by molar-refractivity contribution is 9.11. The molecule has 0 amide bonds. The Morgan fingerprint density at radius 2 is 0.296 bits per heavy atom. The standard InChI is InChI=1S/C61H147Br9O12Si16/c1-26-38-86(16,53-62)74-96(75-87(17,54-63)39-27-2,76-88(18,55-64)40-28-3)50-35-47-83(10,11)71-95(25,72-84(12,13)48-36-51-97(77-89(19,56-65)41-29-4,78-90(20,57-66)42-30-5)79-91(21,58-67)43-31-6)73-85(14,15)49-37-52-98(80-92(22,59-68)44-32-7,81-93(23,60-69)45-33-8)82-94(24,61-70)46-34-9/h26-61H2,1-25H3. The Kier molecular flexibility index (Phi) is 52.3. The quantitative estimate of drug-likeness (QED) is 0.0427. The SMILES string of the molecule is CCC[Si](C)(CBr)O[Si](CCC[Si](C)(C)O[Si](C)(O[Si](C)(C)CCC[Si](O[Si](C)(CBr)CCC)(O[Si](C)(CBr)CCC)O[Si](C)(CBr)CCC)O[Si](C)(C)CCC[Si](O[Si](C)(CBr)CCC)(O[Si](C)(CBr)CCC)O[Si](C)(CBr)CCC)(O[Si](C)(CBr)CCC)O[Si](C)(CBr)CCC. The lowest BCUT2D eigenvalue weighted by Gasteiger charge is -2.47. The van der Waals surface area contributed by atoms with Crippen LogP contribution in [-0.4, -0.2) is 180 Å². The highest BCUT2D eigenvalue weighted by Crippen LogP contribution is 2.43. The largest absolute Gasteiger partial charge is 0.469 e. The summed E-state index contributed by atoms with van der Waals surface area (Å²) in [6.07, 6.45) is 12.2. The fourth-order valence-electron chi connectivity index (χ4n) is 14.0. The molecule has 9 atom stereocenters. The van der Waals surface area contributed by atoms with E-state index >= 15 is 0 Å². The van der Waals surface area contributed by atoms with Gasteiger partial charge in [-0.05, 0) is 190 Å². The molecule has 0 aliphatic heterocycles. The maximum Gasteiger partial charge on any atom is 0.469 e. The smallest absolute Gasteiger partial charge is 0.417 e. The Bertz CT molecular complexity index is 1800. The Morgan fingerprint density at radius 3 is 0.398 bits per heavy atom. The summed E-state index contributed by atoms with van der Waals surface area (Å²) < 4.78 is 94.7. The molecule has 0 rings (SSSR count). The lowest BCUT2D eigenvalue weighted by atomic mass is 10.6. The third kappa shape index (κ3) is 39.1. The van der Waals surface area contributed by atoms with E-state index in [1.165, 1.54) is 0 Å². The van der Waals surface area contributed by atoms with E-state index in [1.807, 2.05) is 0 Å². The molecule has 0 aromatic heterocycles. The molecule has 37 heteroatoms. The van der Waals surface area contributed by atoms with Gasteiger partial charge in [0.25, 0.3) is 0 Å². The van der Waals surface area contributed by atoms with Crippen molar-refractivity contribution in [2.45, 2.75) is 335 Å². The minimum atomic E-state index is -3.49. The zero-order chi connectivity index (χ0) is 75.9. The monoisotopic (exact) mass is 2230 g/mol. The first-order valence-corrected chi connectivity index (χ1v) is 90.5. The average Bonchev–Trinajstić information content (AvgIpc) is 0.797. The van der Waals surface area contributed by atoms with Crippen LogP contribution in [0, 0.1) is 0 Å². The Hall–Kier alpha value is 7.31. The van der Waals surface area contributed by atoms with E-state index in [1.54, 1.807) is 0 Å². The van der Waals surface area contributed by atoms with E-state index in [-0.39, 0.29) is 0 Å². The van der Waals surface area contributed by atoms with Crippen molar-refractivity contribution in [2.24, 2.45) is 0 Å². The molecule has 0 aliphatic rings. The molecule has 0 aliphatic carbocycles. The van der Waals surface area contributed by atoms with Crippen LogP contribution >= 0.6 is 143 Å². The van der Waals surface area contributed by atoms with Crippen molar-refractivity contribution in [3.8, 4) is 0 Å². The second-order valence-electron chi connectivity index (χ2n) is 33.0. The summed E-state index contributed by atoms with van der Waals surface area (Å²) in [6, 6.07) is 14.4. The molecule has 12 nitrogen and oxygen atoms in total. The molecule has 0 aromatic carbocycles. The van der Waals surface area contributed by atoms with Crippen LogP contribution in [0.3, 0.4) is 0 Å². The summed E-state index contributed by atoms with van der Waals surface area (Å²) in [5.41, 5.74) is 0. The van der Waals surface area contributed by atoms with Gasteiger partial charge in [-0.3, -0.25) is 0 Å². The summed E-state index contributed by atoms with van der Waals surface area (Å²) in [4.78, 5) is 7.61. The molecule has 0 bridgehead atoms. The third-order valence-corrected chi connectivity index (χ3v) is 117. The highest BCUT2D eigenvalue weighted by atomic mass is 79.9. The fraction of sp³-hybridized carbons (Fsp3) is 1.00. The minimum absolute atomic E-state index is 0.764. The van der Waals surface area contributed by atoms with Gasteiger partial charge in [-0.2, -0.15) is 0 Å². The zero-order valence-electron chi connectivity index (χ0n) is 66.8. The van der Waals surface area contributed by atoms with Crippen LogP contribution in [0.1, 0.15) is 139 Å². The van der Waals surface area contributed by atoms with Crippen LogP contribution in [0.15, 0.2) is 0 Å². The summed E-state index contributed by atoms with van der Waals surface area (Å²) in [5.74, 6) is 0. The lowest BCUT2D eigenvalue weighted by molar-refractivity contribution is 0.243. The molecular weight excluding hydrogens is 2090 g/mol. The van der Waals surface area contributed by atoms with E-state index in [0.717, 1.165) is 212 Å². The Balaban J connectivity index is 8.65. The van der Waals surface area contributed by atoms with E-state index in [2.05, 4.69) is 310 Å². The molecule has 0 N–H and O–H groups in total. The van der Waals surface area contributed by atoms with Crippen LogP contribution in [0.4, 0.5) is 0 Å². The topological polar surface area (TPSA) is 111 Å². The second kappa shape index (κ2) is 48.6. The zero-order valence-corrected chi connectivity index (χ0v) is 97.0. The Morgan fingerprint density at radius 1 is 0.173 bits per heavy atom. The van der Waals surface area contributed by atoms with E-state index in [0.29, 0.717) is 0 Å². The average molecular weight is 2240 g/mol. The van der Waals surface area contributed by atoms with Gasteiger partial charge in [0, 0.05) is 69.3 Å². The number of rotatable bonds is 63. The fourth-order valence-corrected chi connectivity index (χ4v) is 104.